The molecule has 8 nitrogen and oxygen atoms in total. The molecule has 0 aliphatic rings. The maximum atomic E-state index is 12.8. The first-order valence-electron chi connectivity index (χ1n) is 9.40. The Hall–Kier alpha value is -2.42. The second kappa shape index (κ2) is 8.52. The van der Waals surface area contributed by atoms with Gasteiger partial charge in [0.2, 0.25) is 15.7 Å². The summed E-state index contributed by atoms with van der Waals surface area (Å²) >= 11 is 0. The van der Waals surface area contributed by atoms with Crippen LogP contribution in [0, 0.1) is 19.8 Å². The number of carbonyl (C=O) groups excluding carboxylic acids is 1. The van der Waals surface area contributed by atoms with Crippen molar-refractivity contribution in [1.29, 1.82) is 0 Å². The van der Waals surface area contributed by atoms with Crippen LogP contribution < -0.4 is 5.32 Å². The normalized spacial score (nSPS) is 13.4. The van der Waals surface area contributed by atoms with E-state index in [2.05, 4.69) is 15.5 Å². The van der Waals surface area contributed by atoms with Crippen LogP contribution in [0.1, 0.15) is 63.2 Å². The van der Waals surface area contributed by atoms with Crippen molar-refractivity contribution in [2.75, 3.05) is 0 Å². The summed E-state index contributed by atoms with van der Waals surface area (Å²) in [5.41, 5.74) is 1.84. The zero-order valence-electron chi connectivity index (χ0n) is 17.9. The first kappa shape index (κ1) is 22.9. The second-order valence-corrected chi connectivity index (χ2v) is 10.3. The van der Waals surface area contributed by atoms with Crippen LogP contribution in [0.25, 0.3) is 0 Å². The molecule has 0 saturated heterocycles. The number of aryl methyl sites for hydroxylation is 2. The smallest absolute Gasteiger partial charge is 0.408 e. The molecule has 9 heteroatoms. The van der Waals surface area contributed by atoms with E-state index in [4.69, 9.17) is 9.15 Å². The van der Waals surface area contributed by atoms with Crippen molar-refractivity contribution in [1.82, 2.24) is 15.5 Å². The number of alkyl carbamates (subject to hydrolysis) is 1. The van der Waals surface area contributed by atoms with Gasteiger partial charge in [-0.3, -0.25) is 0 Å². The van der Waals surface area contributed by atoms with Gasteiger partial charge < -0.3 is 14.5 Å². The van der Waals surface area contributed by atoms with Gasteiger partial charge in [-0.25, -0.2) is 13.2 Å². The quantitative estimate of drug-likeness (QED) is 0.750. The Morgan fingerprint density at radius 3 is 2.45 bits per heavy atom. The van der Waals surface area contributed by atoms with Crippen LogP contribution in [0.3, 0.4) is 0 Å². The summed E-state index contributed by atoms with van der Waals surface area (Å²) in [5, 5.41) is 9.79. The van der Waals surface area contributed by atoms with Crippen LogP contribution in [0.15, 0.2) is 27.8 Å². The lowest BCUT2D eigenvalue weighted by molar-refractivity contribution is 0.0477. The SMILES string of the molecule is Cc1ccc(C)c(CS(=O)(=O)c2nnc(C(NC(=O)OC(C)(C)C)C(C)C)o2)c1. The fraction of sp³-hybridized carbons (Fsp3) is 0.550. The van der Waals surface area contributed by atoms with Gasteiger partial charge in [0.1, 0.15) is 11.6 Å². The summed E-state index contributed by atoms with van der Waals surface area (Å²) in [4.78, 5) is 12.1. The minimum atomic E-state index is -3.83. The average molecular weight is 424 g/mol. The van der Waals surface area contributed by atoms with Crippen LogP contribution in [-0.4, -0.2) is 30.3 Å². The summed E-state index contributed by atoms with van der Waals surface area (Å²) in [7, 11) is -3.83. The average Bonchev–Trinajstić information content (AvgIpc) is 3.04. The standard InChI is InChI=1S/C20H29N3O5S/c1-12(2)16(21-18(24)28-20(5,6)7)17-22-23-19(27-17)29(25,26)11-15-10-13(3)8-9-14(15)4/h8-10,12,16H,11H2,1-7H3,(H,21,24). The number of sulfone groups is 1. The third-order valence-electron chi connectivity index (χ3n) is 4.14. The van der Waals surface area contributed by atoms with Crippen LogP contribution >= 0.6 is 0 Å². The molecule has 0 fully saturated rings. The predicted octanol–water partition coefficient (Wildman–Crippen LogP) is 3.88. The third kappa shape index (κ3) is 6.28. The minimum absolute atomic E-state index is 0.0189. The molecule has 0 spiro atoms. The first-order chi connectivity index (χ1) is 13.3. The Morgan fingerprint density at radius 1 is 1.21 bits per heavy atom. The van der Waals surface area contributed by atoms with Gasteiger partial charge in [0.05, 0.1) is 5.75 Å². The van der Waals surface area contributed by atoms with E-state index in [0.29, 0.717) is 5.56 Å². The lowest BCUT2D eigenvalue weighted by atomic mass is 10.1. The molecule has 2 aromatic rings. The summed E-state index contributed by atoms with van der Waals surface area (Å²) in [6.45, 7) is 12.7. The molecule has 1 atom stereocenters. The summed E-state index contributed by atoms with van der Waals surface area (Å²) in [6, 6.07) is 4.94. The lowest BCUT2D eigenvalue weighted by Gasteiger charge is -2.23. The van der Waals surface area contributed by atoms with E-state index in [1.54, 1.807) is 20.8 Å². The first-order valence-corrected chi connectivity index (χ1v) is 11.1. The monoisotopic (exact) mass is 423 g/mol. The molecule has 0 bridgehead atoms. The Labute approximate surface area is 172 Å². The van der Waals surface area contributed by atoms with E-state index >= 15 is 0 Å². The van der Waals surface area contributed by atoms with Gasteiger partial charge in [-0.2, -0.15) is 0 Å². The number of amides is 1. The van der Waals surface area contributed by atoms with E-state index in [1.807, 2.05) is 45.9 Å². The molecule has 160 valence electrons. The Morgan fingerprint density at radius 2 is 1.86 bits per heavy atom. The number of rotatable bonds is 6. The van der Waals surface area contributed by atoms with Crippen LogP contribution in [-0.2, 0) is 20.3 Å². The van der Waals surface area contributed by atoms with Gasteiger partial charge >= 0.3 is 11.3 Å². The van der Waals surface area contributed by atoms with Crippen molar-refractivity contribution in [2.24, 2.45) is 5.92 Å². The topological polar surface area (TPSA) is 111 Å². The van der Waals surface area contributed by atoms with Crippen molar-refractivity contribution < 1.29 is 22.4 Å². The highest BCUT2D eigenvalue weighted by Gasteiger charge is 2.30. The second-order valence-electron chi connectivity index (χ2n) is 8.46. The van der Waals surface area contributed by atoms with E-state index in [0.717, 1.165) is 11.1 Å². The zero-order valence-corrected chi connectivity index (χ0v) is 18.8. The van der Waals surface area contributed by atoms with Crippen molar-refractivity contribution in [2.45, 2.75) is 71.1 Å². The molecular weight excluding hydrogens is 394 g/mol. The number of hydrogen-bond acceptors (Lipinski definition) is 7. The highest BCUT2D eigenvalue weighted by atomic mass is 32.2. The van der Waals surface area contributed by atoms with Gasteiger partial charge in [0, 0.05) is 0 Å². The van der Waals surface area contributed by atoms with Gasteiger partial charge in [0.15, 0.2) is 0 Å². The number of nitrogens with one attached hydrogen (secondary N) is 1. The van der Waals surface area contributed by atoms with Crippen LogP contribution in [0.2, 0.25) is 0 Å². The molecule has 0 saturated carbocycles. The van der Waals surface area contributed by atoms with Gasteiger partial charge in [0.25, 0.3) is 0 Å². The number of hydrogen-bond donors (Lipinski definition) is 1. The number of benzene rings is 1. The molecule has 29 heavy (non-hydrogen) atoms. The number of carbonyl (C=O) groups is 1. The van der Waals surface area contributed by atoms with Gasteiger partial charge in [-0.15, -0.1) is 5.10 Å². The molecule has 1 aromatic carbocycles. The van der Waals surface area contributed by atoms with Crippen molar-refractivity contribution in [3.8, 4) is 0 Å². The largest absolute Gasteiger partial charge is 0.444 e. The zero-order chi connectivity index (χ0) is 22.0. The van der Waals surface area contributed by atoms with E-state index < -0.39 is 32.8 Å². The molecule has 1 unspecified atom stereocenters. The lowest BCUT2D eigenvalue weighted by Crippen LogP contribution is -2.37. The molecule has 1 heterocycles. The van der Waals surface area contributed by atoms with Crippen molar-refractivity contribution >= 4 is 15.9 Å². The van der Waals surface area contributed by atoms with E-state index in [-0.39, 0.29) is 17.6 Å². The molecular formula is C20H29N3O5S. The fourth-order valence-electron chi connectivity index (χ4n) is 2.64. The van der Waals surface area contributed by atoms with Crippen LogP contribution in [0.4, 0.5) is 4.79 Å². The number of aromatic nitrogens is 2. The Balaban J connectivity index is 2.24. The molecule has 0 aliphatic heterocycles. The summed E-state index contributed by atoms with van der Waals surface area (Å²) in [5.74, 6) is -0.350. The fourth-order valence-corrected chi connectivity index (χ4v) is 3.86. The van der Waals surface area contributed by atoms with Gasteiger partial charge in [-0.05, 0) is 51.7 Å². The van der Waals surface area contributed by atoms with E-state index in [1.165, 1.54) is 0 Å². The highest BCUT2D eigenvalue weighted by molar-refractivity contribution is 7.90. The van der Waals surface area contributed by atoms with Gasteiger partial charge in [-0.1, -0.05) is 42.7 Å². The molecule has 1 amide bonds. The predicted molar refractivity (Wildman–Crippen MR) is 108 cm³/mol. The molecule has 0 aliphatic carbocycles. The highest BCUT2D eigenvalue weighted by Crippen LogP contribution is 2.25. The molecule has 1 aromatic heterocycles. The number of nitrogens with zero attached hydrogens (tertiary/aromatic N) is 2. The number of ether oxygens (including phenoxy) is 1. The Kier molecular flexibility index (Phi) is 6.72. The summed E-state index contributed by atoms with van der Waals surface area (Å²) in [6.07, 6.45) is -0.644. The minimum Gasteiger partial charge on any atom is -0.444 e. The maximum Gasteiger partial charge on any atom is 0.408 e. The molecule has 0 radical (unpaired) electrons. The van der Waals surface area contributed by atoms with E-state index in [9.17, 15) is 13.2 Å². The van der Waals surface area contributed by atoms with Crippen LogP contribution in [0.5, 0.6) is 0 Å². The van der Waals surface area contributed by atoms with Crippen molar-refractivity contribution in [3.05, 3.63) is 40.8 Å². The maximum absolute atomic E-state index is 12.8. The summed E-state index contributed by atoms with van der Waals surface area (Å²) < 4.78 is 36.3. The third-order valence-corrected chi connectivity index (χ3v) is 5.53. The molecule has 2 rings (SSSR count). The Bertz CT molecular complexity index is 974. The van der Waals surface area contributed by atoms with Crippen molar-refractivity contribution in [3.63, 3.8) is 0 Å². The molecule has 1 N–H and O–H groups in total.